The molecule has 1 aliphatic rings. The summed E-state index contributed by atoms with van der Waals surface area (Å²) in [7, 11) is 2.89. The molecule has 0 radical (unpaired) electrons. The Morgan fingerprint density at radius 2 is 1.73 bits per heavy atom. The molecule has 0 unspecified atom stereocenters. The van der Waals surface area contributed by atoms with Gasteiger partial charge in [0.05, 0.1) is 31.8 Å². The van der Waals surface area contributed by atoms with Crippen LogP contribution in [0.3, 0.4) is 0 Å². The normalized spacial score (nSPS) is 18.4. The van der Waals surface area contributed by atoms with Crippen molar-refractivity contribution >= 4 is 23.0 Å². The molecule has 1 aliphatic heterocycles. The third kappa shape index (κ3) is 7.04. The summed E-state index contributed by atoms with van der Waals surface area (Å²) >= 11 is 0. The molecular weight excluding hydrogens is 537 g/mol. The molecule has 10 heteroatoms. The van der Waals surface area contributed by atoms with Crippen LogP contribution in [0.25, 0.3) is 10.9 Å². The molecule has 0 bridgehead atoms. The second kappa shape index (κ2) is 11.8. The van der Waals surface area contributed by atoms with Crippen LogP contribution in [-0.2, 0) is 15.9 Å². The Morgan fingerprint density at radius 3 is 2.32 bits per heavy atom. The molecule has 0 saturated carbocycles. The van der Waals surface area contributed by atoms with Gasteiger partial charge < -0.3 is 14.2 Å². The van der Waals surface area contributed by atoms with E-state index in [9.17, 15) is 22.8 Å². The van der Waals surface area contributed by atoms with Gasteiger partial charge in [0.1, 0.15) is 11.4 Å². The van der Waals surface area contributed by atoms with Gasteiger partial charge in [0.2, 0.25) is 0 Å². The molecule has 0 amide bonds. The number of hydrogen-bond donors (Lipinski definition) is 0. The molecule has 41 heavy (non-hydrogen) atoms. The van der Waals surface area contributed by atoms with Crippen LogP contribution in [0.5, 0.6) is 5.75 Å². The van der Waals surface area contributed by atoms with Gasteiger partial charge >= 0.3 is 18.2 Å². The number of esters is 1. The van der Waals surface area contributed by atoms with Crippen molar-refractivity contribution in [3.63, 3.8) is 0 Å². The molecule has 2 heterocycles. The lowest BCUT2D eigenvalue weighted by molar-refractivity contribution is -0.149. The van der Waals surface area contributed by atoms with Crippen LogP contribution in [0, 0.1) is 12.8 Å². The zero-order chi connectivity index (χ0) is 30.1. The first kappa shape index (κ1) is 30.4. The SMILES string of the molecule is COC(=O)c1ccc([C@@H]2CN(CC(F)(F)F)CC[C@H]2Cc2c(OC)cc(C)c3c2ccn3C(=O)OC(C)(C)C)cc1. The number of ether oxygens (including phenoxy) is 3. The molecule has 1 saturated heterocycles. The molecule has 0 aliphatic carbocycles. The monoisotopic (exact) mass is 574 g/mol. The number of halogens is 3. The molecule has 7 nitrogen and oxygen atoms in total. The van der Waals surface area contributed by atoms with Crippen LogP contribution in [-0.4, -0.2) is 67.2 Å². The van der Waals surface area contributed by atoms with E-state index in [2.05, 4.69) is 0 Å². The number of likely N-dealkylation sites (tertiary alicyclic amines) is 1. The fraction of sp³-hybridized carbons (Fsp3) is 0.484. The van der Waals surface area contributed by atoms with E-state index in [1.165, 1.54) is 16.6 Å². The van der Waals surface area contributed by atoms with Crippen molar-refractivity contribution in [3.8, 4) is 5.75 Å². The minimum atomic E-state index is -4.30. The number of benzene rings is 2. The Morgan fingerprint density at radius 1 is 1.05 bits per heavy atom. The number of methoxy groups -OCH3 is 2. The number of nitrogens with zero attached hydrogens (tertiary/aromatic N) is 2. The van der Waals surface area contributed by atoms with E-state index in [1.54, 1.807) is 58.3 Å². The van der Waals surface area contributed by atoms with E-state index in [1.807, 2.05) is 19.1 Å². The standard InChI is InChI=1S/C31H37F3N2O5/c1-19-15-26(39-5)24(23-12-14-36(27(19)23)29(38)41-30(2,3)4)16-22-11-13-35(18-31(32,33)34)17-25(22)20-7-9-21(10-8-20)28(37)40-6/h7-10,12,14-15,22,25H,11,13,16-18H2,1-6H3/t22-,25-/m0/s1. The highest BCUT2D eigenvalue weighted by molar-refractivity contribution is 5.95. The molecule has 2 atom stereocenters. The second-order valence-electron chi connectivity index (χ2n) is 11.6. The van der Waals surface area contributed by atoms with E-state index >= 15 is 0 Å². The van der Waals surface area contributed by atoms with Crippen molar-refractivity contribution in [1.29, 1.82) is 0 Å². The largest absolute Gasteiger partial charge is 0.496 e. The first-order chi connectivity index (χ1) is 19.2. The highest BCUT2D eigenvalue weighted by Crippen LogP contribution is 2.41. The lowest BCUT2D eigenvalue weighted by Crippen LogP contribution is -2.44. The summed E-state index contributed by atoms with van der Waals surface area (Å²) in [5.74, 6) is -0.0638. The number of aryl methyl sites for hydroxylation is 1. The Bertz CT molecular complexity index is 1410. The molecule has 1 aromatic heterocycles. The van der Waals surface area contributed by atoms with Crippen LogP contribution in [0.15, 0.2) is 42.6 Å². The maximum Gasteiger partial charge on any atom is 0.419 e. The molecule has 0 spiro atoms. The Hall–Kier alpha value is -3.53. The van der Waals surface area contributed by atoms with E-state index in [4.69, 9.17) is 14.2 Å². The summed E-state index contributed by atoms with van der Waals surface area (Å²) in [6.07, 6.45) is -2.05. The van der Waals surface area contributed by atoms with Crippen LogP contribution < -0.4 is 4.74 Å². The van der Waals surface area contributed by atoms with Crippen LogP contribution >= 0.6 is 0 Å². The zero-order valence-corrected chi connectivity index (χ0v) is 24.3. The van der Waals surface area contributed by atoms with E-state index in [0.717, 1.165) is 22.1 Å². The number of piperidine rings is 1. The fourth-order valence-corrected chi connectivity index (χ4v) is 5.75. The third-order valence-corrected chi connectivity index (χ3v) is 7.51. The summed E-state index contributed by atoms with van der Waals surface area (Å²) in [5, 5.41) is 0.838. The number of hydrogen-bond acceptors (Lipinski definition) is 6. The second-order valence-corrected chi connectivity index (χ2v) is 11.6. The first-order valence-corrected chi connectivity index (χ1v) is 13.6. The topological polar surface area (TPSA) is 70.0 Å². The molecule has 222 valence electrons. The molecule has 1 fully saturated rings. The van der Waals surface area contributed by atoms with E-state index < -0.39 is 30.4 Å². The average molecular weight is 575 g/mol. The number of carbonyl (C=O) groups is 2. The van der Waals surface area contributed by atoms with Gasteiger partial charge in [0.25, 0.3) is 0 Å². The van der Waals surface area contributed by atoms with E-state index in [0.29, 0.717) is 36.2 Å². The minimum Gasteiger partial charge on any atom is -0.496 e. The van der Waals surface area contributed by atoms with Crippen molar-refractivity contribution in [1.82, 2.24) is 9.47 Å². The number of aromatic nitrogens is 1. The summed E-state index contributed by atoms with van der Waals surface area (Å²) in [6, 6.07) is 10.6. The zero-order valence-electron chi connectivity index (χ0n) is 24.3. The van der Waals surface area contributed by atoms with Crippen molar-refractivity contribution in [2.24, 2.45) is 5.92 Å². The highest BCUT2D eigenvalue weighted by Gasteiger charge is 2.37. The van der Waals surface area contributed by atoms with Crippen LogP contribution in [0.2, 0.25) is 0 Å². The summed E-state index contributed by atoms with van der Waals surface area (Å²) in [6.45, 7) is 6.86. The minimum absolute atomic E-state index is 0.0202. The van der Waals surface area contributed by atoms with Gasteiger partial charge in [-0.2, -0.15) is 13.2 Å². The highest BCUT2D eigenvalue weighted by atomic mass is 19.4. The number of fused-ring (bicyclic) bond motifs is 1. The molecule has 3 aromatic rings. The predicted octanol–water partition coefficient (Wildman–Crippen LogP) is 6.74. The van der Waals surface area contributed by atoms with Gasteiger partial charge in [-0.25, -0.2) is 9.59 Å². The maximum absolute atomic E-state index is 13.3. The first-order valence-electron chi connectivity index (χ1n) is 13.6. The molecule has 2 aromatic carbocycles. The molecule has 4 rings (SSSR count). The van der Waals surface area contributed by atoms with Crippen molar-refractivity contribution in [2.75, 3.05) is 33.9 Å². The van der Waals surface area contributed by atoms with Gasteiger partial charge in [-0.05, 0) is 94.3 Å². The lowest BCUT2D eigenvalue weighted by atomic mass is 9.76. The fourth-order valence-electron chi connectivity index (χ4n) is 5.75. The maximum atomic E-state index is 13.3. The molecular formula is C31H37F3N2O5. The van der Waals surface area contributed by atoms with Gasteiger partial charge in [-0.15, -0.1) is 0 Å². The van der Waals surface area contributed by atoms with Gasteiger partial charge in [0.15, 0.2) is 0 Å². The Balaban J connectivity index is 1.73. The van der Waals surface area contributed by atoms with Gasteiger partial charge in [0, 0.05) is 23.7 Å². The number of carbonyl (C=O) groups excluding carboxylic acids is 2. The number of alkyl halides is 3. The summed E-state index contributed by atoms with van der Waals surface area (Å²) in [5.41, 5.74) is 3.00. The lowest BCUT2D eigenvalue weighted by Gasteiger charge is -2.39. The van der Waals surface area contributed by atoms with Gasteiger partial charge in [-0.3, -0.25) is 9.47 Å². The van der Waals surface area contributed by atoms with Crippen LogP contribution in [0.1, 0.15) is 60.2 Å². The van der Waals surface area contributed by atoms with Crippen molar-refractivity contribution < 1.29 is 37.0 Å². The smallest absolute Gasteiger partial charge is 0.419 e. The van der Waals surface area contributed by atoms with Crippen molar-refractivity contribution in [2.45, 2.75) is 58.2 Å². The Kier molecular flexibility index (Phi) is 8.73. The number of rotatable bonds is 6. The molecule has 0 N–H and O–H groups in total. The Labute approximate surface area is 238 Å². The average Bonchev–Trinajstić information content (AvgIpc) is 3.35. The third-order valence-electron chi connectivity index (χ3n) is 7.51. The van der Waals surface area contributed by atoms with Crippen LogP contribution in [0.4, 0.5) is 18.0 Å². The van der Waals surface area contributed by atoms with Crippen molar-refractivity contribution in [3.05, 3.63) is 64.8 Å². The van der Waals surface area contributed by atoms with E-state index in [-0.39, 0.29) is 18.4 Å². The predicted molar refractivity (Wildman–Crippen MR) is 150 cm³/mol. The summed E-state index contributed by atoms with van der Waals surface area (Å²) < 4.78 is 57.7. The summed E-state index contributed by atoms with van der Waals surface area (Å²) in [4.78, 5) is 26.4. The quantitative estimate of drug-likeness (QED) is 0.304. The van der Waals surface area contributed by atoms with Gasteiger partial charge in [-0.1, -0.05) is 12.1 Å².